The van der Waals surface area contributed by atoms with E-state index < -0.39 is 0 Å². The number of anilines is 2. The van der Waals surface area contributed by atoms with Crippen molar-refractivity contribution in [1.82, 2.24) is 9.97 Å². The number of halogens is 1. The highest BCUT2D eigenvalue weighted by Crippen LogP contribution is 2.28. The molecule has 0 bridgehead atoms. The lowest BCUT2D eigenvalue weighted by Crippen LogP contribution is -2.50. The van der Waals surface area contributed by atoms with E-state index in [-0.39, 0.29) is 18.8 Å². The van der Waals surface area contributed by atoms with Crippen LogP contribution in [0, 0.1) is 0 Å². The van der Waals surface area contributed by atoms with Crippen molar-refractivity contribution < 1.29 is 9.84 Å². The monoisotopic (exact) mass is 330 g/mol. The standard InChI is InChI=1S/C12H19BrN4O2/c1-3-14-12-15-4-10(13)11(16-12)17-5-9(6-18)19-7-8(17)2/h4,8-9,18H,3,5-7H2,1-2H3,(H,14,15,16). The van der Waals surface area contributed by atoms with Crippen molar-refractivity contribution >= 4 is 27.7 Å². The largest absolute Gasteiger partial charge is 0.394 e. The molecule has 7 heteroatoms. The number of aliphatic hydroxyl groups is 1. The van der Waals surface area contributed by atoms with E-state index >= 15 is 0 Å². The van der Waals surface area contributed by atoms with Gasteiger partial charge < -0.3 is 20.1 Å². The summed E-state index contributed by atoms with van der Waals surface area (Å²) in [5.74, 6) is 1.44. The second-order valence-electron chi connectivity index (χ2n) is 4.53. The molecule has 2 unspecified atom stereocenters. The molecule has 0 spiro atoms. The fraction of sp³-hybridized carbons (Fsp3) is 0.667. The number of aliphatic hydroxyl groups excluding tert-OH is 1. The second-order valence-corrected chi connectivity index (χ2v) is 5.39. The average Bonchev–Trinajstić information content (AvgIpc) is 2.42. The number of nitrogens with zero attached hydrogens (tertiary/aromatic N) is 3. The summed E-state index contributed by atoms with van der Waals surface area (Å²) in [6.45, 7) is 6.08. The molecule has 2 N–H and O–H groups in total. The summed E-state index contributed by atoms with van der Waals surface area (Å²) >= 11 is 3.49. The molecule has 1 aromatic heterocycles. The van der Waals surface area contributed by atoms with Gasteiger partial charge in [-0.2, -0.15) is 4.98 Å². The van der Waals surface area contributed by atoms with Crippen LogP contribution in [0.1, 0.15) is 13.8 Å². The fourth-order valence-corrected chi connectivity index (χ4v) is 2.44. The third-order valence-corrected chi connectivity index (χ3v) is 3.60. The summed E-state index contributed by atoms with van der Waals surface area (Å²) in [6.07, 6.45) is 1.58. The molecule has 2 heterocycles. The van der Waals surface area contributed by atoms with Crippen LogP contribution in [-0.2, 0) is 4.74 Å². The van der Waals surface area contributed by atoms with Crippen molar-refractivity contribution in [3.8, 4) is 0 Å². The number of ether oxygens (including phenoxy) is 1. The molecule has 1 aliphatic heterocycles. The Morgan fingerprint density at radius 3 is 3.11 bits per heavy atom. The third-order valence-electron chi connectivity index (χ3n) is 3.04. The highest BCUT2D eigenvalue weighted by atomic mass is 79.9. The molecule has 1 aliphatic rings. The van der Waals surface area contributed by atoms with Crippen LogP contribution in [0.5, 0.6) is 0 Å². The van der Waals surface area contributed by atoms with Crippen molar-refractivity contribution in [1.29, 1.82) is 0 Å². The van der Waals surface area contributed by atoms with E-state index in [1.807, 2.05) is 6.92 Å². The van der Waals surface area contributed by atoms with E-state index in [2.05, 4.69) is 43.0 Å². The lowest BCUT2D eigenvalue weighted by molar-refractivity contribution is -0.0106. The molecule has 1 aromatic rings. The van der Waals surface area contributed by atoms with E-state index in [9.17, 15) is 5.11 Å². The summed E-state index contributed by atoms with van der Waals surface area (Å²) in [5.41, 5.74) is 0. The smallest absolute Gasteiger partial charge is 0.224 e. The number of nitrogens with one attached hydrogen (secondary N) is 1. The minimum atomic E-state index is -0.166. The SMILES string of the molecule is CCNc1ncc(Br)c(N2CC(CO)OCC2C)n1. The Hall–Kier alpha value is -0.920. The Kier molecular flexibility index (Phi) is 4.95. The maximum atomic E-state index is 9.24. The van der Waals surface area contributed by atoms with Crippen molar-refractivity contribution in [3.05, 3.63) is 10.7 Å². The zero-order valence-corrected chi connectivity index (χ0v) is 12.7. The predicted molar refractivity (Wildman–Crippen MR) is 77.5 cm³/mol. The first-order chi connectivity index (χ1) is 9.15. The quantitative estimate of drug-likeness (QED) is 0.866. The van der Waals surface area contributed by atoms with Crippen LogP contribution in [0.15, 0.2) is 10.7 Å². The van der Waals surface area contributed by atoms with Gasteiger partial charge in [-0.3, -0.25) is 0 Å². The van der Waals surface area contributed by atoms with Gasteiger partial charge in [-0.1, -0.05) is 0 Å². The third kappa shape index (κ3) is 3.34. The highest BCUT2D eigenvalue weighted by molar-refractivity contribution is 9.10. The van der Waals surface area contributed by atoms with Crippen LogP contribution in [-0.4, -0.2) is 53.5 Å². The van der Waals surface area contributed by atoms with Crippen molar-refractivity contribution in [3.63, 3.8) is 0 Å². The molecule has 106 valence electrons. The van der Waals surface area contributed by atoms with E-state index in [1.54, 1.807) is 6.20 Å². The van der Waals surface area contributed by atoms with Gasteiger partial charge >= 0.3 is 0 Å². The zero-order valence-electron chi connectivity index (χ0n) is 11.1. The number of morpholine rings is 1. The van der Waals surface area contributed by atoms with Crippen LogP contribution >= 0.6 is 15.9 Å². The van der Waals surface area contributed by atoms with E-state index in [1.165, 1.54) is 0 Å². The molecule has 2 rings (SSSR count). The molecular formula is C12H19BrN4O2. The van der Waals surface area contributed by atoms with Crippen molar-refractivity contribution in [2.45, 2.75) is 26.0 Å². The van der Waals surface area contributed by atoms with Gasteiger partial charge in [0.1, 0.15) is 5.82 Å². The first-order valence-electron chi connectivity index (χ1n) is 6.41. The highest BCUT2D eigenvalue weighted by Gasteiger charge is 2.28. The van der Waals surface area contributed by atoms with Crippen LogP contribution in [0.25, 0.3) is 0 Å². The second kappa shape index (κ2) is 6.49. The van der Waals surface area contributed by atoms with E-state index in [0.717, 1.165) is 16.8 Å². The number of rotatable bonds is 4. The van der Waals surface area contributed by atoms with Crippen LogP contribution in [0.4, 0.5) is 11.8 Å². The number of hydrogen-bond acceptors (Lipinski definition) is 6. The topological polar surface area (TPSA) is 70.5 Å². The minimum absolute atomic E-state index is 0.0198. The lowest BCUT2D eigenvalue weighted by atomic mass is 10.2. The molecule has 1 fully saturated rings. The first-order valence-corrected chi connectivity index (χ1v) is 7.20. The van der Waals surface area contributed by atoms with E-state index in [4.69, 9.17) is 4.74 Å². The van der Waals surface area contributed by atoms with Crippen molar-refractivity contribution in [2.75, 3.05) is 36.5 Å². The molecule has 2 atom stereocenters. The predicted octanol–water partition coefficient (Wildman–Crippen LogP) is 1.26. The van der Waals surface area contributed by atoms with Crippen LogP contribution in [0.3, 0.4) is 0 Å². The summed E-state index contributed by atoms with van der Waals surface area (Å²) in [6, 6.07) is 0.212. The molecule has 19 heavy (non-hydrogen) atoms. The molecule has 0 radical (unpaired) electrons. The summed E-state index contributed by atoms with van der Waals surface area (Å²) < 4.78 is 6.39. The number of aromatic nitrogens is 2. The molecule has 6 nitrogen and oxygen atoms in total. The lowest BCUT2D eigenvalue weighted by Gasteiger charge is -2.38. The van der Waals surface area contributed by atoms with Gasteiger partial charge in [0.15, 0.2) is 0 Å². The van der Waals surface area contributed by atoms with Gasteiger partial charge in [-0.15, -0.1) is 0 Å². The van der Waals surface area contributed by atoms with Gasteiger partial charge in [-0.05, 0) is 29.8 Å². The maximum absolute atomic E-state index is 9.24. The molecule has 1 saturated heterocycles. The molecule has 0 aliphatic carbocycles. The molecule has 0 saturated carbocycles. The maximum Gasteiger partial charge on any atom is 0.224 e. The minimum Gasteiger partial charge on any atom is -0.394 e. The Labute approximate surface area is 121 Å². The summed E-state index contributed by atoms with van der Waals surface area (Å²) in [7, 11) is 0. The molecular weight excluding hydrogens is 312 g/mol. The Bertz CT molecular complexity index is 432. The zero-order chi connectivity index (χ0) is 13.8. The summed E-state index contributed by atoms with van der Waals surface area (Å²) in [5, 5.41) is 12.3. The Morgan fingerprint density at radius 1 is 1.63 bits per heavy atom. The number of hydrogen-bond donors (Lipinski definition) is 2. The Balaban J connectivity index is 2.25. The average molecular weight is 331 g/mol. The fourth-order valence-electron chi connectivity index (χ4n) is 2.03. The molecule has 0 amide bonds. The first kappa shape index (κ1) is 14.5. The Morgan fingerprint density at radius 2 is 2.42 bits per heavy atom. The van der Waals surface area contributed by atoms with E-state index in [0.29, 0.717) is 19.1 Å². The van der Waals surface area contributed by atoms with Crippen LogP contribution < -0.4 is 10.2 Å². The van der Waals surface area contributed by atoms with Crippen molar-refractivity contribution in [2.24, 2.45) is 0 Å². The van der Waals surface area contributed by atoms with Gasteiger partial charge in [0.25, 0.3) is 0 Å². The van der Waals surface area contributed by atoms with Gasteiger partial charge in [0.2, 0.25) is 5.95 Å². The molecule has 0 aromatic carbocycles. The van der Waals surface area contributed by atoms with Crippen LogP contribution in [0.2, 0.25) is 0 Å². The van der Waals surface area contributed by atoms with Gasteiger partial charge in [-0.25, -0.2) is 4.98 Å². The normalized spacial score (nSPS) is 23.5. The van der Waals surface area contributed by atoms with Gasteiger partial charge in [0, 0.05) is 19.3 Å². The summed E-state index contributed by atoms with van der Waals surface area (Å²) in [4.78, 5) is 10.9. The van der Waals surface area contributed by atoms with Gasteiger partial charge in [0.05, 0.1) is 29.8 Å².